The van der Waals surface area contributed by atoms with E-state index in [4.69, 9.17) is 0 Å². The second kappa shape index (κ2) is 18.0. The van der Waals surface area contributed by atoms with Gasteiger partial charge in [0.05, 0.1) is 0 Å². The molecule has 0 N–H and O–H groups in total. The molecule has 0 heterocycles. The molecule has 0 aromatic carbocycles. The van der Waals surface area contributed by atoms with Gasteiger partial charge in [0.2, 0.25) is 0 Å². The molecule has 0 amide bonds. The first-order valence-electron chi connectivity index (χ1n) is 0. The standard InChI is InChI=1S/Cr.2Fe.Zr. The van der Waals surface area contributed by atoms with Gasteiger partial charge in [0.1, 0.15) is 0 Å². The fourth-order valence-corrected chi connectivity index (χ4v) is 0. The summed E-state index contributed by atoms with van der Waals surface area (Å²) in [5, 5.41) is 0. The predicted octanol–water partition coefficient (Wildman–Crippen LogP) is -0.0100. The van der Waals surface area contributed by atoms with E-state index in [-0.39, 0.29) is 77.7 Å². The minimum Gasteiger partial charge on any atom is 0 e. The monoisotopic (exact) mass is 254 g/mol. The summed E-state index contributed by atoms with van der Waals surface area (Å²) in [7, 11) is 0. The van der Waals surface area contributed by atoms with Gasteiger partial charge < -0.3 is 0 Å². The van der Waals surface area contributed by atoms with Crippen molar-refractivity contribution in [1.29, 1.82) is 0 Å². The molecule has 0 spiro atoms. The predicted molar refractivity (Wildman–Crippen MR) is 0 cm³/mol. The smallest absolute Gasteiger partial charge is 0 e. The molecule has 0 aliphatic rings. The maximum atomic E-state index is 0. The molecule has 4 heavy (non-hydrogen) atoms. The fourth-order valence-electron chi connectivity index (χ4n) is 0. The van der Waals surface area contributed by atoms with E-state index >= 15 is 0 Å². The first kappa shape index (κ1) is 31.9. The van der Waals surface area contributed by atoms with E-state index in [0.29, 0.717) is 0 Å². The number of hydrogen-bond donors (Lipinski definition) is 0. The summed E-state index contributed by atoms with van der Waals surface area (Å²) in [6.45, 7) is 0. The summed E-state index contributed by atoms with van der Waals surface area (Å²) in [4.78, 5) is 0. The van der Waals surface area contributed by atoms with Gasteiger partial charge in [0, 0.05) is 77.7 Å². The van der Waals surface area contributed by atoms with Crippen molar-refractivity contribution < 1.29 is 77.7 Å². The molecule has 0 aliphatic carbocycles. The Hall–Kier alpha value is 2.45. The maximum Gasteiger partial charge on any atom is 0 e. The normalized spacial score (nSPS) is 0. The van der Waals surface area contributed by atoms with E-state index < -0.39 is 0 Å². The second-order valence-electron chi connectivity index (χ2n) is 0. The van der Waals surface area contributed by atoms with Crippen LogP contribution >= 0.6 is 0 Å². The largest absolute Gasteiger partial charge is 0 e. The maximum absolute atomic E-state index is 0. The molecule has 0 rings (SSSR count). The van der Waals surface area contributed by atoms with Crippen molar-refractivity contribution in [2.24, 2.45) is 0 Å². The van der Waals surface area contributed by atoms with Gasteiger partial charge in [-0.25, -0.2) is 0 Å². The molecule has 0 unspecified atom stereocenters. The molecule has 4 heteroatoms. The van der Waals surface area contributed by atoms with Crippen LogP contribution in [0.1, 0.15) is 0 Å². The summed E-state index contributed by atoms with van der Waals surface area (Å²) >= 11 is 0. The van der Waals surface area contributed by atoms with Gasteiger partial charge in [0.15, 0.2) is 0 Å². The van der Waals surface area contributed by atoms with E-state index in [1.807, 2.05) is 0 Å². The number of hydrogen-bond acceptors (Lipinski definition) is 0. The van der Waals surface area contributed by atoms with E-state index in [2.05, 4.69) is 0 Å². The Balaban J connectivity index is 0. The fraction of sp³-hybridized carbons (Fsp3) is 0. The Labute approximate surface area is 76.7 Å². The van der Waals surface area contributed by atoms with Crippen molar-refractivity contribution in [3.63, 3.8) is 0 Å². The van der Waals surface area contributed by atoms with Crippen molar-refractivity contribution in [2.45, 2.75) is 0 Å². The molecule has 0 radical (unpaired) electrons. The molecule has 0 nitrogen and oxygen atoms in total. The van der Waals surface area contributed by atoms with Crippen molar-refractivity contribution in [3.8, 4) is 0 Å². The van der Waals surface area contributed by atoms with Gasteiger partial charge >= 0.3 is 0 Å². The van der Waals surface area contributed by atoms with Crippen LogP contribution in [0.3, 0.4) is 0 Å². The first-order valence-corrected chi connectivity index (χ1v) is 0. The summed E-state index contributed by atoms with van der Waals surface area (Å²) in [5.74, 6) is 0. The third-order valence-electron chi connectivity index (χ3n) is 0. The van der Waals surface area contributed by atoms with E-state index in [1.54, 1.807) is 0 Å². The number of rotatable bonds is 0. The molecule has 0 aliphatic heterocycles. The van der Waals surface area contributed by atoms with Gasteiger partial charge in [-0.05, 0) is 0 Å². The van der Waals surface area contributed by atoms with Crippen LogP contribution in [0.5, 0.6) is 0 Å². The summed E-state index contributed by atoms with van der Waals surface area (Å²) in [6.07, 6.45) is 0. The average Bonchev–Trinajstić information content (AvgIpc) is 0. The summed E-state index contributed by atoms with van der Waals surface area (Å²) in [6, 6.07) is 0. The minimum absolute atomic E-state index is 0. The molecule has 26 valence electrons. The van der Waals surface area contributed by atoms with Crippen LogP contribution in [0.2, 0.25) is 0 Å². The van der Waals surface area contributed by atoms with Crippen LogP contribution in [-0.4, -0.2) is 0 Å². The topological polar surface area (TPSA) is 0 Å². The van der Waals surface area contributed by atoms with Crippen LogP contribution in [0.15, 0.2) is 0 Å². The molecule has 0 bridgehead atoms. The minimum atomic E-state index is 0. The Morgan fingerprint density at radius 1 is 0.750 bits per heavy atom. The molecule has 0 fully saturated rings. The van der Waals surface area contributed by atoms with Crippen LogP contribution in [-0.2, 0) is 77.7 Å². The van der Waals surface area contributed by atoms with Gasteiger partial charge in [-0.15, -0.1) is 0 Å². The van der Waals surface area contributed by atoms with Crippen LogP contribution in [0.4, 0.5) is 0 Å². The molecule has 0 saturated heterocycles. The molecular weight excluding hydrogens is 255 g/mol. The van der Waals surface area contributed by atoms with Crippen LogP contribution in [0, 0.1) is 0 Å². The Bertz CT molecular complexity index is 6.00. The zero-order valence-electron chi connectivity index (χ0n) is 1.62. The first-order chi connectivity index (χ1) is 0. The third-order valence-corrected chi connectivity index (χ3v) is 0. The van der Waals surface area contributed by atoms with Crippen LogP contribution < -0.4 is 0 Å². The van der Waals surface area contributed by atoms with Gasteiger partial charge in [-0.3, -0.25) is 0 Å². The van der Waals surface area contributed by atoms with Crippen molar-refractivity contribution in [2.75, 3.05) is 0 Å². The van der Waals surface area contributed by atoms with E-state index in [9.17, 15) is 0 Å². The summed E-state index contributed by atoms with van der Waals surface area (Å²) in [5.41, 5.74) is 0. The Kier molecular flexibility index (Phi) is 143. The van der Waals surface area contributed by atoms with Gasteiger partial charge in [0.25, 0.3) is 0 Å². The van der Waals surface area contributed by atoms with Crippen molar-refractivity contribution in [3.05, 3.63) is 0 Å². The molecule has 0 saturated carbocycles. The molecule has 0 aromatic rings. The van der Waals surface area contributed by atoms with Crippen LogP contribution in [0.25, 0.3) is 0 Å². The van der Waals surface area contributed by atoms with Crippen molar-refractivity contribution >= 4 is 0 Å². The zero-order chi connectivity index (χ0) is 0. The van der Waals surface area contributed by atoms with E-state index in [0.717, 1.165) is 0 Å². The zero-order valence-corrected chi connectivity index (χ0v) is 7.56. The molecule has 0 atom stereocenters. The molecular formula is CrFe2Zr. The second-order valence-corrected chi connectivity index (χ2v) is 0. The quantitative estimate of drug-likeness (QED) is 0.534. The van der Waals surface area contributed by atoms with Crippen molar-refractivity contribution in [1.82, 2.24) is 0 Å². The Morgan fingerprint density at radius 3 is 0.750 bits per heavy atom. The SMILES string of the molecule is [Cr].[Fe].[Fe].[Zr]. The summed E-state index contributed by atoms with van der Waals surface area (Å²) < 4.78 is 0. The average molecular weight is 255 g/mol. The van der Waals surface area contributed by atoms with Gasteiger partial charge in [-0.1, -0.05) is 0 Å². The van der Waals surface area contributed by atoms with E-state index in [1.165, 1.54) is 0 Å². The van der Waals surface area contributed by atoms with Gasteiger partial charge in [-0.2, -0.15) is 0 Å². The Morgan fingerprint density at radius 2 is 0.750 bits per heavy atom. The third kappa shape index (κ3) is 8.82. The molecule has 0 aromatic heterocycles.